The lowest BCUT2D eigenvalue weighted by molar-refractivity contribution is -0.123. The predicted molar refractivity (Wildman–Crippen MR) is 67.3 cm³/mol. The lowest BCUT2D eigenvalue weighted by atomic mass is 10.1. The van der Waals surface area contributed by atoms with Crippen LogP contribution in [0, 0.1) is 6.92 Å². The van der Waals surface area contributed by atoms with Crippen molar-refractivity contribution in [3.05, 3.63) is 23.8 Å². The van der Waals surface area contributed by atoms with Crippen LogP contribution in [0.1, 0.15) is 18.4 Å². The molecule has 1 heterocycles. The Bertz CT molecular complexity index is 406. The number of amides is 1. The molecule has 0 radical (unpaired) electrons. The fourth-order valence-electron chi connectivity index (χ4n) is 1.72. The van der Waals surface area contributed by atoms with Crippen LogP contribution in [0.2, 0.25) is 0 Å². The normalized spacial score (nSPS) is 18.6. The van der Waals surface area contributed by atoms with E-state index in [2.05, 4.69) is 21.2 Å². The quantitative estimate of drug-likeness (QED) is 0.867. The van der Waals surface area contributed by atoms with Gasteiger partial charge in [-0.05, 0) is 37.5 Å². The zero-order valence-electron chi connectivity index (χ0n) is 9.13. The van der Waals surface area contributed by atoms with Crippen LogP contribution in [-0.2, 0) is 4.79 Å². The van der Waals surface area contributed by atoms with Crippen LogP contribution in [0.15, 0.2) is 18.2 Å². The molecule has 1 amide bonds. The van der Waals surface area contributed by atoms with Gasteiger partial charge in [-0.25, -0.2) is 0 Å². The first-order valence-corrected chi connectivity index (χ1v) is 6.47. The van der Waals surface area contributed by atoms with Crippen molar-refractivity contribution in [2.45, 2.75) is 25.9 Å². The Morgan fingerprint density at radius 2 is 2.31 bits per heavy atom. The van der Waals surface area contributed by atoms with Crippen molar-refractivity contribution in [2.24, 2.45) is 0 Å². The van der Waals surface area contributed by atoms with Crippen LogP contribution in [-0.4, -0.2) is 17.3 Å². The van der Waals surface area contributed by atoms with Crippen molar-refractivity contribution in [2.75, 3.05) is 10.6 Å². The van der Waals surface area contributed by atoms with Crippen LogP contribution in [0.5, 0.6) is 5.75 Å². The van der Waals surface area contributed by atoms with Crippen molar-refractivity contribution in [1.29, 1.82) is 0 Å². The number of halogens is 1. The Hall–Kier alpha value is -1.03. The average Bonchev–Trinajstić information content (AvgIpc) is 2.26. The number of hydrogen-bond donors (Lipinski definition) is 1. The summed E-state index contributed by atoms with van der Waals surface area (Å²) in [6, 6.07) is 5.82. The topological polar surface area (TPSA) is 38.3 Å². The molecular formula is C12H14BrNO2. The van der Waals surface area contributed by atoms with Gasteiger partial charge in [0.15, 0.2) is 6.10 Å². The summed E-state index contributed by atoms with van der Waals surface area (Å²) >= 11 is 3.35. The smallest absolute Gasteiger partial charge is 0.265 e. The molecule has 1 N–H and O–H groups in total. The Labute approximate surface area is 103 Å². The van der Waals surface area contributed by atoms with Crippen LogP contribution in [0.4, 0.5) is 5.69 Å². The molecule has 3 nitrogen and oxygen atoms in total. The lowest BCUT2D eigenvalue weighted by Gasteiger charge is -2.25. The highest BCUT2D eigenvalue weighted by Gasteiger charge is 2.26. The molecule has 0 saturated carbocycles. The van der Waals surface area contributed by atoms with E-state index in [1.807, 2.05) is 25.1 Å². The van der Waals surface area contributed by atoms with Gasteiger partial charge in [-0.2, -0.15) is 0 Å². The first-order chi connectivity index (χ1) is 7.70. The number of ether oxygens (including phenoxy) is 1. The summed E-state index contributed by atoms with van der Waals surface area (Å²) in [4.78, 5) is 11.7. The molecule has 16 heavy (non-hydrogen) atoms. The van der Waals surface area contributed by atoms with Crippen LogP contribution in [0.3, 0.4) is 0 Å². The van der Waals surface area contributed by atoms with Gasteiger partial charge in [0.25, 0.3) is 5.91 Å². The fourth-order valence-corrected chi connectivity index (χ4v) is 2.04. The second-order valence-corrected chi connectivity index (χ2v) is 4.72. The number of carbonyl (C=O) groups is 1. The lowest BCUT2D eigenvalue weighted by Crippen LogP contribution is -2.36. The number of benzene rings is 1. The third kappa shape index (κ3) is 2.38. The van der Waals surface area contributed by atoms with Crippen LogP contribution in [0.25, 0.3) is 0 Å². The van der Waals surface area contributed by atoms with Gasteiger partial charge in [0.05, 0.1) is 5.69 Å². The SMILES string of the molecule is Cc1ccc2c(c1)NC(=O)C(CCCBr)O2. The second kappa shape index (κ2) is 4.87. The molecule has 0 saturated heterocycles. The number of carbonyl (C=O) groups excluding carboxylic acids is 1. The molecule has 1 aromatic carbocycles. The number of rotatable bonds is 3. The maximum atomic E-state index is 11.7. The summed E-state index contributed by atoms with van der Waals surface area (Å²) in [6.07, 6.45) is 1.32. The standard InChI is InChI=1S/C12H14BrNO2/c1-8-4-5-10-9(7-8)14-12(15)11(16-10)3-2-6-13/h4-5,7,11H,2-3,6H2,1H3,(H,14,15). The highest BCUT2D eigenvalue weighted by molar-refractivity contribution is 9.09. The zero-order chi connectivity index (χ0) is 11.5. The van der Waals surface area contributed by atoms with E-state index in [0.29, 0.717) is 0 Å². The minimum absolute atomic E-state index is 0.0425. The largest absolute Gasteiger partial charge is 0.478 e. The molecular weight excluding hydrogens is 270 g/mol. The maximum Gasteiger partial charge on any atom is 0.265 e. The van der Waals surface area contributed by atoms with E-state index in [-0.39, 0.29) is 12.0 Å². The van der Waals surface area contributed by atoms with Gasteiger partial charge in [-0.15, -0.1) is 0 Å². The number of hydrogen-bond acceptors (Lipinski definition) is 2. The molecule has 1 atom stereocenters. The number of aryl methyl sites for hydroxylation is 1. The van der Waals surface area contributed by atoms with Crippen LogP contribution >= 0.6 is 15.9 Å². The van der Waals surface area contributed by atoms with E-state index >= 15 is 0 Å². The minimum Gasteiger partial charge on any atom is -0.478 e. The summed E-state index contributed by atoms with van der Waals surface area (Å²) in [5.74, 6) is 0.726. The van der Waals surface area contributed by atoms with Crippen molar-refractivity contribution in [3.63, 3.8) is 0 Å². The summed E-state index contributed by atoms with van der Waals surface area (Å²) < 4.78 is 5.67. The maximum absolute atomic E-state index is 11.7. The third-order valence-corrected chi connectivity index (χ3v) is 3.12. The first-order valence-electron chi connectivity index (χ1n) is 5.35. The molecule has 0 spiro atoms. The summed E-state index contributed by atoms with van der Waals surface area (Å²) in [6.45, 7) is 1.99. The van der Waals surface area contributed by atoms with E-state index in [1.165, 1.54) is 0 Å². The average molecular weight is 284 g/mol. The third-order valence-electron chi connectivity index (χ3n) is 2.55. The van der Waals surface area contributed by atoms with Crippen molar-refractivity contribution >= 4 is 27.5 Å². The molecule has 1 aliphatic heterocycles. The highest BCUT2D eigenvalue weighted by atomic mass is 79.9. The Morgan fingerprint density at radius 3 is 3.06 bits per heavy atom. The minimum atomic E-state index is -0.354. The van der Waals surface area contributed by atoms with E-state index < -0.39 is 0 Å². The van der Waals surface area contributed by atoms with Gasteiger partial charge in [-0.3, -0.25) is 4.79 Å². The van der Waals surface area contributed by atoms with E-state index in [0.717, 1.165) is 35.2 Å². The molecule has 0 bridgehead atoms. The fraction of sp³-hybridized carbons (Fsp3) is 0.417. The van der Waals surface area contributed by atoms with Gasteiger partial charge in [0.2, 0.25) is 0 Å². The van der Waals surface area contributed by atoms with Gasteiger partial charge in [-0.1, -0.05) is 22.0 Å². The number of fused-ring (bicyclic) bond motifs is 1. The van der Waals surface area contributed by atoms with E-state index in [1.54, 1.807) is 0 Å². The van der Waals surface area contributed by atoms with Crippen molar-refractivity contribution in [1.82, 2.24) is 0 Å². The summed E-state index contributed by atoms with van der Waals surface area (Å²) in [5, 5.41) is 3.77. The molecule has 4 heteroatoms. The molecule has 1 aliphatic rings. The van der Waals surface area contributed by atoms with E-state index in [4.69, 9.17) is 4.74 Å². The van der Waals surface area contributed by atoms with E-state index in [9.17, 15) is 4.79 Å². The highest BCUT2D eigenvalue weighted by Crippen LogP contribution is 2.31. The summed E-state index contributed by atoms with van der Waals surface area (Å²) in [7, 11) is 0. The van der Waals surface area contributed by atoms with Crippen molar-refractivity contribution in [3.8, 4) is 5.75 Å². The Morgan fingerprint density at radius 1 is 1.50 bits per heavy atom. The number of anilines is 1. The first kappa shape index (κ1) is 11.5. The zero-order valence-corrected chi connectivity index (χ0v) is 10.7. The number of nitrogens with one attached hydrogen (secondary N) is 1. The molecule has 2 rings (SSSR count). The van der Waals surface area contributed by atoms with Gasteiger partial charge in [0, 0.05) is 5.33 Å². The number of alkyl halides is 1. The molecule has 0 aromatic heterocycles. The molecule has 0 aliphatic carbocycles. The molecule has 86 valence electrons. The van der Waals surface area contributed by atoms with Gasteiger partial charge >= 0.3 is 0 Å². The Kier molecular flexibility index (Phi) is 3.49. The van der Waals surface area contributed by atoms with Gasteiger partial charge < -0.3 is 10.1 Å². The van der Waals surface area contributed by atoms with Crippen LogP contribution < -0.4 is 10.1 Å². The predicted octanol–water partition coefficient (Wildman–Crippen LogP) is 2.87. The van der Waals surface area contributed by atoms with Crippen molar-refractivity contribution < 1.29 is 9.53 Å². The molecule has 1 aromatic rings. The second-order valence-electron chi connectivity index (χ2n) is 3.93. The van der Waals surface area contributed by atoms with Gasteiger partial charge in [0.1, 0.15) is 5.75 Å². The Balaban J connectivity index is 2.15. The monoisotopic (exact) mass is 283 g/mol. The molecule has 1 unspecified atom stereocenters. The summed E-state index contributed by atoms with van der Waals surface area (Å²) in [5.41, 5.74) is 1.89. The molecule has 0 fully saturated rings.